The van der Waals surface area contributed by atoms with Gasteiger partial charge in [0.25, 0.3) is 0 Å². The number of carbonyl (C=O) groups excluding carboxylic acids is 2. The first-order valence-corrected chi connectivity index (χ1v) is 8.59. The number of amides is 2. The maximum Gasteiger partial charge on any atom is 0.249 e. The fraction of sp³-hybridized carbons (Fsp3) is 0.105. The van der Waals surface area contributed by atoms with Crippen molar-refractivity contribution < 1.29 is 14.0 Å². The molecule has 0 saturated heterocycles. The second kappa shape index (κ2) is 6.85. The lowest BCUT2D eigenvalue weighted by Crippen LogP contribution is -2.35. The summed E-state index contributed by atoms with van der Waals surface area (Å²) in [4.78, 5) is 24.9. The smallest absolute Gasteiger partial charge is 0.249 e. The van der Waals surface area contributed by atoms with Crippen LogP contribution >= 0.6 is 11.6 Å². The van der Waals surface area contributed by atoms with Gasteiger partial charge < -0.3 is 10.6 Å². The van der Waals surface area contributed by atoms with Gasteiger partial charge in [-0.3, -0.25) is 9.59 Å². The lowest BCUT2D eigenvalue weighted by Gasteiger charge is -2.24. The molecule has 3 aromatic rings. The van der Waals surface area contributed by atoms with Crippen molar-refractivity contribution in [2.75, 3.05) is 10.6 Å². The lowest BCUT2D eigenvalue weighted by atomic mass is 10.1. The third-order valence-corrected chi connectivity index (χ3v) is 4.59. The number of aromatic nitrogens is 2. The van der Waals surface area contributed by atoms with Crippen LogP contribution in [0.3, 0.4) is 0 Å². The molecule has 136 valence electrons. The Balaban J connectivity index is 1.65. The molecule has 2 amide bonds. The van der Waals surface area contributed by atoms with Crippen LogP contribution in [0.5, 0.6) is 0 Å². The van der Waals surface area contributed by atoms with Gasteiger partial charge in [-0.25, -0.2) is 9.07 Å². The first kappa shape index (κ1) is 17.2. The average molecular weight is 385 g/mol. The summed E-state index contributed by atoms with van der Waals surface area (Å²) in [6.45, 7) is 0. The number of anilines is 2. The standard InChI is InChI=1S/C19H14ClFN4O2/c20-14-8-12(6-7-15(14)21)23-19(27)16-9-17(26)24-18-13(10-22-25(16)18)11-4-2-1-3-5-11/h1-8,10,16H,9H2,(H,23,27)(H,24,26). The third kappa shape index (κ3) is 3.29. The van der Waals surface area contributed by atoms with E-state index >= 15 is 0 Å². The van der Waals surface area contributed by atoms with Gasteiger partial charge in [0.15, 0.2) is 0 Å². The summed E-state index contributed by atoms with van der Waals surface area (Å²) in [6.07, 6.45) is 1.56. The number of benzene rings is 2. The number of hydrogen-bond donors (Lipinski definition) is 2. The zero-order valence-electron chi connectivity index (χ0n) is 13.9. The van der Waals surface area contributed by atoms with E-state index in [0.29, 0.717) is 11.5 Å². The molecule has 2 heterocycles. The van der Waals surface area contributed by atoms with Crippen LogP contribution in [0.4, 0.5) is 15.9 Å². The van der Waals surface area contributed by atoms with E-state index in [0.717, 1.165) is 11.1 Å². The van der Waals surface area contributed by atoms with Crippen molar-refractivity contribution in [3.8, 4) is 11.1 Å². The molecule has 1 aromatic heterocycles. The minimum absolute atomic E-state index is 0.0519. The number of hydrogen-bond acceptors (Lipinski definition) is 3. The van der Waals surface area contributed by atoms with E-state index in [4.69, 9.17) is 11.6 Å². The maximum absolute atomic E-state index is 13.3. The third-order valence-electron chi connectivity index (χ3n) is 4.30. The first-order chi connectivity index (χ1) is 13.0. The molecule has 2 aromatic carbocycles. The minimum Gasteiger partial charge on any atom is -0.324 e. The highest BCUT2D eigenvalue weighted by Gasteiger charge is 2.33. The van der Waals surface area contributed by atoms with Crippen molar-refractivity contribution in [2.24, 2.45) is 0 Å². The largest absolute Gasteiger partial charge is 0.324 e. The van der Waals surface area contributed by atoms with Gasteiger partial charge in [-0.15, -0.1) is 0 Å². The molecule has 6 nitrogen and oxygen atoms in total. The van der Waals surface area contributed by atoms with Crippen molar-refractivity contribution in [3.05, 3.63) is 65.6 Å². The van der Waals surface area contributed by atoms with Crippen molar-refractivity contribution in [1.82, 2.24) is 9.78 Å². The predicted molar refractivity (Wildman–Crippen MR) is 100.0 cm³/mol. The van der Waals surface area contributed by atoms with Gasteiger partial charge in [0.05, 0.1) is 17.6 Å². The monoisotopic (exact) mass is 384 g/mol. The Kier molecular flexibility index (Phi) is 4.37. The van der Waals surface area contributed by atoms with Crippen molar-refractivity contribution in [3.63, 3.8) is 0 Å². The molecule has 0 radical (unpaired) electrons. The van der Waals surface area contributed by atoms with E-state index in [1.807, 2.05) is 30.3 Å². The summed E-state index contributed by atoms with van der Waals surface area (Å²) < 4.78 is 14.8. The Morgan fingerprint density at radius 2 is 2.04 bits per heavy atom. The second-order valence-corrected chi connectivity index (χ2v) is 6.51. The summed E-state index contributed by atoms with van der Waals surface area (Å²) in [6, 6.07) is 12.5. The first-order valence-electron chi connectivity index (χ1n) is 8.21. The molecule has 1 atom stereocenters. The molecule has 1 unspecified atom stereocenters. The van der Waals surface area contributed by atoms with E-state index in [1.54, 1.807) is 6.20 Å². The molecule has 4 rings (SSSR count). The van der Waals surface area contributed by atoms with Crippen LogP contribution in [0.25, 0.3) is 11.1 Å². The molecule has 0 aliphatic carbocycles. The van der Waals surface area contributed by atoms with Crippen molar-refractivity contribution >= 4 is 34.9 Å². The number of rotatable bonds is 3. The van der Waals surface area contributed by atoms with Crippen LogP contribution in [-0.2, 0) is 9.59 Å². The number of nitrogens with one attached hydrogen (secondary N) is 2. The van der Waals surface area contributed by atoms with E-state index in [2.05, 4.69) is 15.7 Å². The van der Waals surface area contributed by atoms with E-state index in [9.17, 15) is 14.0 Å². The summed E-state index contributed by atoms with van der Waals surface area (Å²) in [5.41, 5.74) is 1.95. The number of carbonyl (C=O) groups is 2. The van der Waals surface area contributed by atoms with Crippen molar-refractivity contribution in [2.45, 2.75) is 12.5 Å². The zero-order valence-corrected chi connectivity index (χ0v) is 14.7. The van der Waals surface area contributed by atoms with Crippen LogP contribution in [0.2, 0.25) is 5.02 Å². The molecule has 1 aliphatic heterocycles. The van der Waals surface area contributed by atoms with Gasteiger partial charge in [0.2, 0.25) is 11.8 Å². The Morgan fingerprint density at radius 1 is 1.26 bits per heavy atom. The fourth-order valence-corrected chi connectivity index (χ4v) is 3.18. The lowest BCUT2D eigenvalue weighted by molar-refractivity contribution is -0.125. The van der Waals surface area contributed by atoms with Gasteiger partial charge >= 0.3 is 0 Å². The second-order valence-electron chi connectivity index (χ2n) is 6.10. The highest BCUT2D eigenvalue weighted by Crippen LogP contribution is 2.34. The topological polar surface area (TPSA) is 76.0 Å². The SMILES string of the molecule is O=C1CC(C(=O)Nc2ccc(F)c(Cl)c2)n2ncc(-c3ccccc3)c2N1. The Labute approximate surface area is 158 Å². The van der Waals surface area contributed by atoms with Crippen molar-refractivity contribution in [1.29, 1.82) is 0 Å². The molecule has 1 aliphatic rings. The fourth-order valence-electron chi connectivity index (χ4n) is 3.00. The molecule has 8 heteroatoms. The summed E-state index contributed by atoms with van der Waals surface area (Å²) in [5, 5.41) is 9.64. The van der Waals surface area contributed by atoms with E-state index in [-0.39, 0.29) is 17.4 Å². The normalized spacial score (nSPS) is 15.8. The van der Waals surface area contributed by atoms with Gasteiger partial charge in [-0.2, -0.15) is 5.10 Å². The Morgan fingerprint density at radius 3 is 2.78 bits per heavy atom. The van der Waals surface area contributed by atoms with Gasteiger partial charge in [-0.05, 0) is 23.8 Å². The molecular formula is C19H14ClFN4O2. The number of halogens is 2. The Hall–Kier alpha value is -3.19. The van der Waals surface area contributed by atoms with Gasteiger partial charge in [0, 0.05) is 11.3 Å². The van der Waals surface area contributed by atoms with E-state index in [1.165, 1.54) is 22.9 Å². The summed E-state index contributed by atoms with van der Waals surface area (Å²) in [7, 11) is 0. The van der Waals surface area contributed by atoms with Crippen LogP contribution in [0, 0.1) is 5.82 Å². The highest BCUT2D eigenvalue weighted by atomic mass is 35.5. The Bertz CT molecular complexity index is 1040. The minimum atomic E-state index is -0.824. The molecule has 0 bridgehead atoms. The molecule has 27 heavy (non-hydrogen) atoms. The van der Waals surface area contributed by atoms with Crippen LogP contribution < -0.4 is 10.6 Å². The summed E-state index contributed by atoms with van der Waals surface area (Å²) >= 11 is 5.75. The molecule has 2 N–H and O–H groups in total. The molecule has 0 spiro atoms. The average Bonchev–Trinajstić information content (AvgIpc) is 3.08. The van der Waals surface area contributed by atoms with Gasteiger partial charge in [-0.1, -0.05) is 41.9 Å². The zero-order chi connectivity index (χ0) is 19.0. The van der Waals surface area contributed by atoms with Gasteiger partial charge in [0.1, 0.15) is 17.7 Å². The predicted octanol–water partition coefficient (Wildman–Crippen LogP) is 3.86. The highest BCUT2D eigenvalue weighted by molar-refractivity contribution is 6.31. The van der Waals surface area contributed by atoms with Crippen LogP contribution in [-0.4, -0.2) is 21.6 Å². The van der Waals surface area contributed by atoms with E-state index < -0.39 is 17.8 Å². The maximum atomic E-state index is 13.3. The number of nitrogens with zero attached hydrogens (tertiary/aromatic N) is 2. The van der Waals surface area contributed by atoms with Crippen LogP contribution in [0.15, 0.2) is 54.7 Å². The quantitative estimate of drug-likeness (QED) is 0.719. The number of fused-ring (bicyclic) bond motifs is 1. The molecular weight excluding hydrogens is 371 g/mol. The van der Waals surface area contributed by atoms with Crippen LogP contribution in [0.1, 0.15) is 12.5 Å². The summed E-state index contributed by atoms with van der Waals surface area (Å²) in [5.74, 6) is -0.822. The molecule has 0 saturated carbocycles. The molecule has 0 fully saturated rings.